The van der Waals surface area contributed by atoms with Crippen molar-refractivity contribution in [3.63, 3.8) is 0 Å². The van der Waals surface area contributed by atoms with Crippen LogP contribution >= 0.6 is 23.2 Å². The molecule has 0 saturated heterocycles. The van der Waals surface area contributed by atoms with Crippen molar-refractivity contribution in [1.82, 2.24) is 5.32 Å². The van der Waals surface area contributed by atoms with Gasteiger partial charge in [0.05, 0.1) is 22.2 Å². The summed E-state index contributed by atoms with van der Waals surface area (Å²) in [5, 5.41) is 15.2. The van der Waals surface area contributed by atoms with Gasteiger partial charge in [-0.3, -0.25) is 0 Å². The molecule has 0 saturated carbocycles. The highest BCUT2D eigenvalue weighted by molar-refractivity contribution is 6.42. The second-order valence-corrected chi connectivity index (χ2v) is 5.49. The Morgan fingerprint density at radius 1 is 1.40 bits per heavy atom. The van der Waals surface area contributed by atoms with Gasteiger partial charge >= 0.3 is 6.03 Å². The van der Waals surface area contributed by atoms with Gasteiger partial charge in [0.25, 0.3) is 0 Å². The standard InChI is InChI=1S/C13H18Cl2N2O3/c1-13(5-6-18,8-20-2)17-12(19)16-9-3-4-10(14)11(15)7-9/h3-4,7,18H,5-6,8H2,1-2H3,(H2,16,17,19). The monoisotopic (exact) mass is 320 g/mol. The third kappa shape index (κ3) is 5.17. The Morgan fingerprint density at radius 3 is 2.65 bits per heavy atom. The van der Waals surface area contributed by atoms with Crippen molar-refractivity contribution in [2.75, 3.05) is 25.6 Å². The number of methoxy groups -OCH3 is 1. The second kappa shape index (κ2) is 7.69. The van der Waals surface area contributed by atoms with Crippen molar-refractivity contribution in [1.29, 1.82) is 0 Å². The molecule has 0 radical (unpaired) electrons. The zero-order valence-electron chi connectivity index (χ0n) is 11.4. The third-order valence-electron chi connectivity index (χ3n) is 2.72. The number of ether oxygens (including phenoxy) is 1. The molecule has 7 heteroatoms. The number of amides is 2. The molecule has 0 aliphatic carbocycles. The first kappa shape index (κ1) is 17.0. The van der Waals surface area contributed by atoms with Crippen LogP contribution in [0.3, 0.4) is 0 Å². The predicted octanol–water partition coefficient (Wildman–Crippen LogP) is 2.90. The van der Waals surface area contributed by atoms with E-state index in [0.29, 0.717) is 28.8 Å². The molecule has 20 heavy (non-hydrogen) atoms. The number of hydrogen-bond acceptors (Lipinski definition) is 3. The van der Waals surface area contributed by atoms with Crippen LogP contribution in [-0.2, 0) is 4.74 Å². The Kier molecular flexibility index (Phi) is 6.55. The fourth-order valence-electron chi connectivity index (χ4n) is 1.75. The minimum absolute atomic E-state index is 0.0487. The summed E-state index contributed by atoms with van der Waals surface area (Å²) in [4.78, 5) is 11.9. The maximum atomic E-state index is 11.9. The summed E-state index contributed by atoms with van der Waals surface area (Å²) in [6.45, 7) is 2.04. The number of rotatable bonds is 6. The number of aliphatic hydroxyl groups is 1. The summed E-state index contributed by atoms with van der Waals surface area (Å²) in [6.07, 6.45) is 0.385. The first-order valence-corrected chi connectivity index (χ1v) is 6.80. The summed E-state index contributed by atoms with van der Waals surface area (Å²) in [5.41, 5.74) is -0.121. The zero-order chi connectivity index (χ0) is 15.2. The van der Waals surface area contributed by atoms with E-state index in [1.165, 1.54) is 7.11 Å². The fraction of sp³-hybridized carbons (Fsp3) is 0.462. The van der Waals surface area contributed by atoms with Crippen LogP contribution in [0.1, 0.15) is 13.3 Å². The molecule has 1 rings (SSSR count). The number of halogens is 2. The number of hydrogen-bond donors (Lipinski definition) is 3. The second-order valence-electron chi connectivity index (χ2n) is 4.68. The first-order chi connectivity index (χ1) is 9.40. The minimum atomic E-state index is -0.649. The van der Waals surface area contributed by atoms with Gasteiger partial charge in [-0.25, -0.2) is 4.79 Å². The zero-order valence-corrected chi connectivity index (χ0v) is 12.9. The molecule has 5 nitrogen and oxygen atoms in total. The molecule has 1 atom stereocenters. The number of urea groups is 1. The lowest BCUT2D eigenvalue weighted by Gasteiger charge is -2.29. The van der Waals surface area contributed by atoms with Gasteiger partial charge in [0.1, 0.15) is 0 Å². The molecule has 0 aromatic heterocycles. The average molecular weight is 321 g/mol. The highest BCUT2D eigenvalue weighted by atomic mass is 35.5. The van der Waals surface area contributed by atoms with Crippen molar-refractivity contribution in [3.05, 3.63) is 28.2 Å². The Balaban J connectivity index is 2.67. The van der Waals surface area contributed by atoms with Gasteiger partial charge in [-0.05, 0) is 31.5 Å². The highest BCUT2D eigenvalue weighted by Gasteiger charge is 2.25. The summed E-state index contributed by atoms with van der Waals surface area (Å²) in [6, 6.07) is 4.40. The van der Waals surface area contributed by atoms with Crippen LogP contribution < -0.4 is 10.6 Å². The fourth-order valence-corrected chi connectivity index (χ4v) is 2.04. The van der Waals surface area contributed by atoms with E-state index >= 15 is 0 Å². The molecule has 3 N–H and O–H groups in total. The van der Waals surface area contributed by atoms with E-state index in [0.717, 1.165) is 0 Å². The maximum absolute atomic E-state index is 11.9. The number of benzene rings is 1. The molecule has 1 aromatic carbocycles. The molecule has 0 bridgehead atoms. The van der Waals surface area contributed by atoms with E-state index in [9.17, 15) is 4.79 Å². The van der Waals surface area contributed by atoms with E-state index in [-0.39, 0.29) is 6.61 Å². The van der Waals surface area contributed by atoms with Crippen LogP contribution in [0.4, 0.5) is 10.5 Å². The van der Waals surface area contributed by atoms with Crippen molar-refractivity contribution in [2.45, 2.75) is 18.9 Å². The van der Waals surface area contributed by atoms with Gasteiger partial charge in [-0.1, -0.05) is 23.2 Å². The van der Waals surface area contributed by atoms with E-state index in [1.807, 2.05) is 0 Å². The number of carbonyl (C=O) groups excluding carboxylic acids is 1. The van der Waals surface area contributed by atoms with Crippen molar-refractivity contribution in [3.8, 4) is 0 Å². The predicted molar refractivity (Wildman–Crippen MR) is 80.6 cm³/mol. The van der Waals surface area contributed by atoms with Gasteiger partial charge in [-0.15, -0.1) is 0 Å². The molecule has 1 unspecified atom stereocenters. The number of aliphatic hydroxyl groups excluding tert-OH is 1. The molecular formula is C13H18Cl2N2O3. The summed E-state index contributed by atoms with van der Waals surface area (Å²) >= 11 is 11.7. The van der Waals surface area contributed by atoms with Crippen LogP contribution in [0.2, 0.25) is 10.0 Å². The summed E-state index contributed by atoms with van der Waals surface area (Å²) in [7, 11) is 1.54. The van der Waals surface area contributed by atoms with Crippen LogP contribution in [0, 0.1) is 0 Å². The van der Waals surface area contributed by atoms with E-state index in [2.05, 4.69) is 10.6 Å². The van der Waals surface area contributed by atoms with E-state index < -0.39 is 11.6 Å². The average Bonchev–Trinajstić information content (AvgIpc) is 2.34. The molecule has 0 aliphatic rings. The van der Waals surface area contributed by atoms with Gasteiger partial charge in [0.2, 0.25) is 0 Å². The SMILES string of the molecule is COCC(C)(CCO)NC(=O)Nc1ccc(Cl)c(Cl)c1. The number of carbonyl (C=O) groups is 1. The Labute approximate surface area is 128 Å². The lowest BCUT2D eigenvalue weighted by atomic mass is 10.00. The molecule has 2 amide bonds. The van der Waals surface area contributed by atoms with Crippen LogP contribution in [0.5, 0.6) is 0 Å². The minimum Gasteiger partial charge on any atom is -0.396 e. The van der Waals surface area contributed by atoms with Gasteiger partial charge in [0, 0.05) is 19.4 Å². The first-order valence-electron chi connectivity index (χ1n) is 6.04. The van der Waals surface area contributed by atoms with Crippen LogP contribution in [-0.4, -0.2) is 37.0 Å². The Bertz CT molecular complexity index is 463. The van der Waals surface area contributed by atoms with E-state index in [4.69, 9.17) is 33.0 Å². The molecule has 1 aromatic rings. The van der Waals surface area contributed by atoms with Gasteiger partial charge in [-0.2, -0.15) is 0 Å². The van der Waals surface area contributed by atoms with Gasteiger partial charge in [0.15, 0.2) is 0 Å². The third-order valence-corrected chi connectivity index (χ3v) is 3.46. The van der Waals surface area contributed by atoms with Crippen LogP contribution in [0.25, 0.3) is 0 Å². The molecule has 0 aliphatic heterocycles. The van der Waals surface area contributed by atoms with Crippen LogP contribution in [0.15, 0.2) is 18.2 Å². The lowest BCUT2D eigenvalue weighted by molar-refractivity contribution is 0.104. The number of nitrogens with one attached hydrogen (secondary N) is 2. The molecule has 0 fully saturated rings. The van der Waals surface area contributed by atoms with Crippen molar-refractivity contribution in [2.24, 2.45) is 0 Å². The lowest BCUT2D eigenvalue weighted by Crippen LogP contribution is -2.51. The van der Waals surface area contributed by atoms with E-state index in [1.54, 1.807) is 25.1 Å². The number of anilines is 1. The summed E-state index contributed by atoms with van der Waals surface area (Å²) in [5.74, 6) is 0. The topological polar surface area (TPSA) is 70.6 Å². The van der Waals surface area contributed by atoms with Crippen molar-refractivity contribution < 1.29 is 14.6 Å². The maximum Gasteiger partial charge on any atom is 0.319 e. The molecular weight excluding hydrogens is 303 g/mol. The Hall–Kier alpha value is -1.01. The molecule has 112 valence electrons. The molecule has 0 heterocycles. The Morgan fingerprint density at radius 2 is 2.10 bits per heavy atom. The van der Waals surface area contributed by atoms with Crippen molar-refractivity contribution >= 4 is 34.9 Å². The normalized spacial score (nSPS) is 13.7. The summed E-state index contributed by atoms with van der Waals surface area (Å²) < 4.78 is 5.05. The quantitative estimate of drug-likeness (QED) is 0.754. The smallest absolute Gasteiger partial charge is 0.319 e. The largest absolute Gasteiger partial charge is 0.396 e. The highest BCUT2D eigenvalue weighted by Crippen LogP contribution is 2.25. The molecule has 0 spiro atoms. The van der Waals surface area contributed by atoms with Gasteiger partial charge < -0.3 is 20.5 Å².